The van der Waals surface area contributed by atoms with Crippen molar-refractivity contribution >= 4 is 11.8 Å². The minimum atomic E-state index is 0.0984. The Hall–Kier alpha value is -3.33. The Morgan fingerprint density at radius 3 is 2.53 bits per heavy atom. The van der Waals surface area contributed by atoms with Crippen LogP contribution in [0.3, 0.4) is 0 Å². The lowest BCUT2D eigenvalue weighted by atomic mass is 9.87. The molecule has 2 N–H and O–H groups in total. The molecule has 0 aliphatic heterocycles. The van der Waals surface area contributed by atoms with E-state index < -0.39 is 0 Å². The number of rotatable bonds is 7. The molecule has 0 amide bonds. The van der Waals surface area contributed by atoms with Gasteiger partial charge in [0.25, 0.3) is 0 Å². The van der Waals surface area contributed by atoms with E-state index in [9.17, 15) is 0 Å². The lowest BCUT2D eigenvalue weighted by Crippen LogP contribution is -2.16. The summed E-state index contributed by atoms with van der Waals surface area (Å²) in [6.45, 7) is 8.76. The Bertz CT molecular complexity index is 1190. The van der Waals surface area contributed by atoms with E-state index in [0.717, 1.165) is 16.9 Å². The molecule has 2 heterocycles. The van der Waals surface area contributed by atoms with Gasteiger partial charge in [-0.25, -0.2) is 4.68 Å². The lowest BCUT2D eigenvalue weighted by Gasteiger charge is -2.19. The summed E-state index contributed by atoms with van der Waals surface area (Å²) < 4.78 is 12.6. The number of hydrogen-bond acceptors (Lipinski definition) is 8. The molecule has 0 fully saturated rings. The van der Waals surface area contributed by atoms with Crippen LogP contribution in [0.15, 0.2) is 58.2 Å². The zero-order valence-electron chi connectivity index (χ0n) is 18.6. The third kappa shape index (κ3) is 4.94. The highest BCUT2D eigenvalue weighted by Crippen LogP contribution is 2.26. The van der Waals surface area contributed by atoms with Gasteiger partial charge in [0.15, 0.2) is 5.82 Å². The van der Waals surface area contributed by atoms with Crippen molar-refractivity contribution < 1.29 is 9.26 Å². The molecular formula is C23H26N6O2S. The van der Waals surface area contributed by atoms with Crippen LogP contribution >= 0.6 is 11.8 Å². The van der Waals surface area contributed by atoms with Crippen molar-refractivity contribution in [1.29, 1.82) is 0 Å². The zero-order chi connectivity index (χ0) is 22.7. The maximum absolute atomic E-state index is 6.15. The monoisotopic (exact) mass is 450 g/mol. The third-order valence-electron chi connectivity index (χ3n) is 5.00. The molecule has 0 atom stereocenters. The molecule has 0 spiro atoms. The van der Waals surface area contributed by atoms with Crippen molar-refractivity contribution in [3.05, 3.63) is 71.4 Å². The molecule has 0 bridgehead atoms. The van der Waals surface area contributed by atoms with E-state index >= 15 is 0 Å². The van der Waals surface area contributed by atoms with Crippen LogP contribution in [0.2, 0.25) is 0 Å². The number of hydrogen-bond donors (Lipinski definition) is 1. The molecule has 2 aromatic heterocycles. The van der Waals surface area contributed by atoms with Gasteiger partial charge in [0.05, 0.1) is 5.75 Å². The molecule has 0 radical (unpaired) electrons. The average molecular weight is 451 g/mol. The fraction of sp³-hybridized carbons (Fsp3) is 0.304. The first-order valence-electron chi connectivity index (χ1n) is 10.3. The first-order valence-corrected chi connectivity index (χ1v) is 11.2. The van der Waals surface area contributed by atoms with Crippen LogP contribution in [0.25, 0.3) is 11.4 Å². The van der Waals surface area contributed by atoms with Crippen molar-refractivity contribution in [2.24, 2.45) is 0 Å². The number of benzene rings is 2. The Labute approximate surface area is 191 Å². The summed E-state index contributed by atoms with van der Waals surface area (Å²) in [5.41, 5.74) is 3.38. The molecule has 0 unspecified atom stereocenters. The molecule has 4 rings (SSSR count). The Morgan fingerprint density at radius 1 is 1.06 bits per heavy atom. The molecule has 0 aliphatic carbocycles. The summed E-state index contributed by atoms with van der Waals surface area (Å²) in [4.78, 5) is 4.47. The van der Waals surface area contributed by atoms with Crippen LogP contribution in [-0.2, 0) is 17.8 Å². The number of nitrogens with two attached hydrogens (primary N) is 1. The van der Waals surface area contributed by atoms with Crippen LogP contribution in [0.5, 0.6) is 5.75 Å². The van der Waals surface area contributed by atoms with Crippen LogP contribution in [-0.4, -0.2) is 25.0 Å². The number of ether oxygens (including phenoxy) is 1. The first-order chi connectivity index (χ1) is 15.3. The smallest absolute Gasteiger partial charge is 0.237 e. The normalized spacial score (nSPS) is 11.6. The molecule has 8 nitrogen and oxygen atoms in total. The van der Waals surface area contributed by atoms with Gasteiger partial charge in [0.1, 0.15) is 12.4 Å². The van der Waals surface area contributed by atoms with Crippen LogP contribution in [0, 0.1) is 6.92 Å². The van der Waals surface area contributed by atoms with E-state index in [1.54, 1.807) is 0 Å². The van der Waals surface area contributed by atoms with Gasteiger partial charge in [-0.1, -0.05) is 74.1 Å². The maximum atomic E-state index is 6.15. The second-order valence-electron chi connectivity index (χ2n) is 8.45. The summed E-state index contributed by atoms with van der Waals surface area (Å²) >= 11 is 1.37. The minimum absolute atomic E-state index is 0.0984. The predicted molar refractivity (Wildman–Crippen MR) is 124 cm³/mol. The molecule has 9 heteroatoms. The van der Waals surface area contributed by atoms with Gasteiger partial charge in [-0.2, -0.15) is 4.98 Å². The molecule has 0 aliphatic rings. The fourth-order valence-corrected chi connectivity index (χ4v) is 3.79. The van der Waals surface area contributed by atoms with Crippen LogP contribution < -0.4 is 10.6 Å². The van der Waals surface area contributed by atoms with Gasteiger partial charge >= 0.3 is 0 Å². The van der Waals surface area contributed by atoms with Gasteiger partial charge in [0, 0.05) is 5.56 Å². The summed E-state index contributed by atoms with van der Waals surface area (Å²) in [6, 6.07) is 16.0. The highest BCUT2D eigenvalue weighted by molar-refractivity contribution is 7.98. The summed E-state index contributed by atoms with van der Waals surface area (Å²) in [6.07, 6.45) is 0. The maximum Gasteiger partial charge on any atom is 0.237 e. The van der Waals surface area contributed by atoms with E-state index in [1.165, 1.54) is 22.0 Å². The van der Waals surface area contributed by atoms with E-state index in [4.69, 9.17) is 15.1 Å². The van der Waals surface area contributed by atoms with E-state index in [0.29, 0.717) is 28.4 Å². The van der Waals surface area contributed by atoms with E-state index in [2.05, 4.69) is 53.2 Å². The number of aryl methyl sites for hydroxylation is 1. The van der Waals surface area contributed by atoms with Crippen LogP contribution in [0.4, 0.5) is 0 Å². The summed E-state index contributed by atoms with van der Waals surface area (Å²) in [5, 5.41) is 12.9. The standard InChI is InChI=1S/C23H26N6O2S/c1-15-7-5-6-8-18(15)21-25-20(31-28-21)14-32-22-27-26-19(29(22)24)13-30-17-11-9-16(10-12-17)23(2,3)4/h5-12H,13-14,24H2,1-4H3. The van der Waals surface area contributed by atoms with Gasteiger partial charge in [0.2, 0.25) is 16.9 Å². The molecule has 0 saturated carbocycles. The molecule has 2 aromatic carbocycles. The molecule has 0 saturated heterocycles. The quantitative estimate of drug-likeness (QED) is 0.324. The van der Waals surface area contributed by atoms with Crippen molar-refractivity contribution in [3.63, 3.8) is 0 Å². The van der Waals surface area contributed by atoms with Crippen molar-refractivity contribution in [2.75, 3.05) is 5.84 Å². The Kier molecular flexibility index (Phi) is 6.18. The molecule has 166 valence electrons. The van der Waals surface area contributed by atoms with Crippen molar-refractivity contribution in [3.8, 4) is 17.1 Å². The van der Waals surface area contributed by atoms with Gasteiger partial charge in [-0.05, 0) is 35.6 Å². The van der Waals surface area contributed by atoms with Crippen molar-refractivity contribution in [2.45, 2.75) is 50.6 Å². The topological polar surface area (TPSA) is 105 Å². The van der Waals surface area contributed by atoms with Crippen molar-refractivity contribution in [1.82, 2.24) is 25.0 Å². The summed E-state index contributed by atoms with van der Waals surface area (Å²) in [5.74, 6) is 8.93. The predicted octanol–water partition coefficient (Wildman–Crippen LogP) is 4.52. The Morgan fingerprint density at radius 2 is 1.81 bits per heavy atom. The Balaban J connectivity index is 1.35. The van der Waals surface area contributed by atoms with Gasteiger partial charge < -0.3 is 15.1 Å². The zero-order valence-corrected chi connectivity index (χ0v) is 19.4. The average Bonchev–Trinajstić information content (AvgIpc) is 3.37. The summed E-state index contributed by atoms with van der Waals surface area (Å²) in [7, 11) is 0. The molecular weight excluding hydrogens is 424 g/mol. The van der Waals surface area contributed by atoms with Gasteiger partial charge in [-0.15, -0.1) is 10.2 Å². The fourth-order valence-electron chi connectivity index (χ4n) is 3.08. The minimum Gasteiger partial charge on any atom is -0.486 e. The highest BCUT2D eigenvalue weighted by atomic mass is 32.2. The number of thioether (sulfide) groups is 1. The number of aromatic nitrogens is 5. The number of nitrogens with zero attached hydrogens (tertiary/aromatic N) is 5. The SMILES string of the molecule is Cc1ccccc1-c1noc(CSc2nnc(COc3ccc(C(C)(C)C)cc3)n2N)n1. The molecule has 4 aromatic rings. The van der Waals surface area contributed by atoms with E-state index in [1.807, 2.05) is 43.3 Å². The lowest BCUT2D eigenvalue weighted by molar-refractivity contribution is 0.291. The molecule has 32 heavy (non-hydrogen) atoms. The second kappa shape index (κ2) is 9.04. The van der Waals surface area contributed by atoms with Crippen LogP contribution in [0.1, 0.15) is 43.6 Å². The first kappa shape index (κ1) is 21.9. The highest BCUT2D eigenvalue weighted by Gasteiger charge is 2.16. The largest absolute Gasteiger partial charge is 0.486 e. The number of nitrogen functional groups attached to an aromatic ring is 1. The van der Waals surface area contributed by atoms with Gasteiger partial charge in [-0.3, -0.25) is 0 Å². The second-order valence-corrected chi connectivity index (χ2v) is 9.39. The van der Waals surface area contributed by atoms with E-state index in [-0.39, 0.29) is 12.0 Å². The third-order valence-corrected chi connectivity index (χ3v) is 5.93.